The van der Waals surface area contributed by atoms with Gasteiger partial charge in [-0.05, 0) is 38.0 Å². The highest BCUT2D eigenvalue weighted by molar-refractivity contribution is 7.89. The van der Waals surface area contributed by atoms with Crippen LogP contribution in [0, 0.1) is 6.92 Å². The number of anilines is 1. The number of hydrogen-bond acceptors (Lipinski definition) is 7. The molecule has 0 spiro atoms. The third-order valence-corrected chi connectivity index (χ3v) is 7.84. The molecule has 2 aromatic carbocycles. The van der Waals surface area contributed by atoms with E-state index in [-0.39, 0.29) is 26.9 Å². The van der Waals surface area contributed by atoms with Gasteiger partial charge < -0.3 is 14.6 Å². The van der Waals surface area contributed by atoms with Crippen LogP contribution in [0.15, 0.2) is 57.9 Å². The minimum atomic E-state index is -3.71. The van der Waals surface area contributed by atoms with E-state index in [0.717, 1.165) is 19.3 Å². The topological polar surface area (TPSA) is 119 Å². The van der Waals surface area contributed by atoms with E-state index in [2.05, 4.69) is 10.5 Å². The van der Waals surface area contributed by atoms with Crippen LogP contribution < -0.4 is 5.32 Å². The summed E-state index contributed by atoms with van der Waals surface area (Å²) in [4.78, 5) is 25.2. The van der Waals surface area contributed by atoms with Crippen molar-refractivity contribution in [2.24, 2.45) is 0 Å². The third-order valence-electron chi connectivity index (χ3n) is 5.61. The number of nitrogens with one attached hydrogen (secondary N) is 1. The zero-order valence-corrected chi connectivity index (χ0v) is 20.6. The average Bonchev–Trinajstić information content (AvgIpc) is 3.26. The van der Waals surface area contributed by atoms with Crippen LogP contribution in [0.4, 0.5) is 5.69 Å². The van der Waals surface area contributed by atoms with Gasteiger partial charge in [-0.15, -0.1) is 0 Å². The molecule has 0 aliphatic carbocycles. The van der Waals surface area contributed by atoms with Crippen LogP contribution in [0.25, 0.3) is 11.3 Å². The van der Waals surface area contributed by atoms with E-state index in [4.69, 9.17) is 20.9 Å². The van der Waals surface area contributed by atoms with Crippen molar-refractivity contribution >= 4 is 39.2 Å². The highest BCUT2D eigenvalue weighted by Gasteiger charge is 2.27. The van der Waals surface area contributed by atoms with Gasteiger partial charge in [-0.3, -0.25) is 4.79 Å². The number of benzene rings is 2. The van der Waals surface area contributed by atoms with Crippen molar-refractivity contribution in [1.82, 2.24) is 9.46 Å². The molecule has 9 nitrogen and oxygen atoms in total. The predicted octanol–water partition coefficient (Wildman–Crippen LogP) is 4.27. The van der Waals surface area contributed by atoms with E-state index in [1.54, 1.807) is 31.2 Å². The molecule has 1 amide bonds. The summed E-state index contributed by atoms with van der Waals surface area (Å²) >= 11 is 6.18. The third kappa shape index (κ3) is 5.55. The van der Waals surface area contributed by atoms with Gasteiger partial charge in [0.15, 0.2) is 6.61 Å². The van der Waals surface area contributed by atoms with Crippen molar-refractivity contribution in [3.63, 3.8) is 0 Å². The Hall–Kier alpha value is -3.21. The Kier molecular flexibility index (Phi) is 7.54. The Morgan fingerprint density at radius 3 is 2.54 bits per heavy atom. The Balaban J connectivity index is 1.44. The molecule has 3 aromatic rings. The zero-order chi connectivity index (χ0) is 25.0. The Labute approximate surface area is 208 Å². The fourth-order valence-electron chi connectivity index (χ4n) is 3.81. The molecular weight excluding hydrogens is 494 g/mol. The maximum Gasteiger partial charge on any atom is 0.344 e. The number of hydrogen-bond donors (Lipinski definition) is 1. The van der Waals surface area contributed by atoms with Crippen molar-refractivity contribution < 1.29 is 27.3 Å². The SMILES string of the molecule is Cc1onc(-c2ccccc2)c1C(=O)OCC(=O)Nc1cc(S(=O)(=O)N2CCCCC2)ccc1Cl. The minimum absolute atomic E-state index is 0.0312. The van der Waals surface area contributed by atoms with Crippen LogP contribution in [-0.4, -0.2) is 49.5 Å². The van der Waals surface area contributed by atoms with Crippen LogP contribution in [-0.2, 0) is 19.6 Å². The number of halogens is 1. The molecule has 1 fully saturated rings. The van der Waals surface area contributed by atoms with Gasteiger partial charge in [0.25, 0.3) is 5.91 Å². The molecule has 0 radical (unpaired) electrons. The second-order valence-electron chi connectivity index (χ2n) is 8.06. The molecule has 1 aliphatic rings. The van der Waals surface area contributed by atoms with Gasteiger partial charge in [-0.1, -0.05) is 53.5 Å². The lowest BCUT2D eigenvalue weighted by molar-refractivity contribution is -0.119. The molecule has 35 heavy (non-hydrogen) atoms. The monoisotopic (exact) mass is 517 g/mol. The van der Waals surface area contributed by atoms with Crippen LogP contribution in [0.1, 0.15) is 35.4 Å². The first-order chi connectivity index (χ1) is 16.8. The summed E-state index contributed by atoms with van der Waals surface area (Å²) in [7, 11) is -3.71. The molecule has 184 valence electrons. The van der Waals surface area contributed by atoms with E-state index in [9.17, 15) is 18.0 Å². The molecule has 1 saturated heterocycles. The van der Waals surface area contributed by atoms with Crippen LogP contribution in [0.5, 0.6) is 0 Å². The van der Waals surface area contributed by atoms with Gasteiger partial charge in [-0.2, -0.15) is 4.31 Å². The van der Waals surface area contributed by atoms with Crippen molar-refractivity contribution in [3.05, 3.63) is 64.9 Å². The van der Waals surface area contributed by atoms with Gasteiger partial charge >= 0.3 is 5.97 Å². The van der Waals surface area contributed by atoms with Gasteiger partial charge in [0, 0.05) is 18.7 Å². The number of ether oxygens (including phenoxy) is 1. The number of nitrogens with zero attached hydrogens (tertiary/aromatic N) is 2. The molecule has 1 N–H and O–H groups in total. The van der Waals surface area contributed by atoms with Crippen molar-refractivity contribution in [3.8, 4) is 11.3 Å². The number of aromatic nitrogens is 1. The number of esters is 1. The maximum absolute atomic E-state index is 12.9. The lowest BCUT2D eigenvalue weighted by Gasteiger charge is -2.26. The summed E-state index contributed by atoms with van der Waals surface area (Å²) in [5.74, 6) is -1.19. The Morgan fingerprint density at radius 1 is 1.11 bits per heavy atom. The number of piperidine rings is 1. The summed E-state index contributed by atoms with van der Waals surface area (Å²) in [6.45, 7) is 1.87. The van der Waals surface area contributed by atoms with Gasteiger partial charge in [-0.25, -0.2) is 13.2 Å². The average molecular weight is 518 g/mol. The first-order valence-electron chi connectivity index (χ1n) is 11.1. The van der Waals surface area contributed by atoms with Crippen molar-refractivity contribution in [2.75, 3.05) is 25.0 Å². The summed E-state index contributed by atoms with van der Waals surface area (Å²) in [5.41, 5.74) is 1.21. The lowest BCUT2D eigenvalue weighted by Crippen LogP contribution is -2.35. The first kappa shape index (κ1) is 24.9. The summed E-state index contributed by atoms with van der Waals surface area (Å²) in [5, 5.41) is 6.60. The molecule has 0 bridgehead atoms. The molecule has 1 aliphatic heterocycles. The summed E-state index contributed by atoms with van der Waals surface area (Å²) < 4.78 is 37.7. The van der Waals surface area contributed by atoms with Crippen LogP contribution in [0.2, 0.25) is 5.02 Å². The van der Waals surface area contributed by atoms with Gasteiger partial charge in [0.1, 0.15) is 17.0 Å². The zero-order valence-electron chi connectivity index (χ0n) is 19.0. The second-order valence-corrected chi connectivity index (χ2v) is 10.4. The molecule has 2 heterocycles. The van der Waals surface area contributed by atoms with E-state index < -0.39 is 28.5 Å². The minimum Gasteiger partial charge on any atom is -0.452 e. The molecular formula is C24H24ClN3O6S. The fraction of sp³-hybridized carbons (Fsp3) is 0.292. The second kappa shape index (κ2) is 10.6. The smallest absolute Gasteiger partial charge is 0.344 e. The molecule has 1 aromatic heterocycles. The van der Waals surface area contributed by atoms with Crippen molar-refractivity contribution in [1.29, 1.82) is 0 Å². The van der Waals surface area contributed by atoms with Crippen LogP contribution in [0.3, 0.4) is 0 Å². The largest absolute Gasteiger partial charge is 0.452 e. The lowest BCUT2D eigenvalue weighted by atomic mass is 10.1. The van der Waals surface area contributed by atoms with E-state index in [0.29, 0.717) is 24.3 Å². The van der Waals surface area contributed by atoms with Gasteiger partial charge in [0.05, 0.1) is 15.6 Å². The van der Waals surface area contributed by atoms with E-state index in [1.165, 1.54) is 22.5 Å². The van der Waals surface area contributed by atoms with Crippen molar-refractivity contribution in [2.45, 2.75) is 31.1 Å². The Morgan fingerprint density at radius 2 is 1.83 bits per heavy atom. The van der Waals surface area contributed by atoms with E-state index in [1.807, 2.05) is 6.07 Å². The molecule has 0 atom stereocenters. The summed E-state index contributed by atoms with van der Waals surface area (Å²) in [6.07, 6.45) is 2.60. The molecule has 0 saturated carbocycles. The number of rotatable bonds is 7. The van der Waals surface area contributed by atoms with Crippen LogP contribution >= 0.6 is 11.6 Å². The number of carbonyl (C=O) groups is 2. The maximum atomic E-state index is 12.9. The molecule has 11 heteroatoms. The Bertz CT molecular complexity index is 1330. The number of carbonyl (C=O) groups excluding carboxylic acids is 2. The molecule has 4 rings (SSSR count). The quantitative estimate of drug-likeness (QED) is 0.465. The first-order valence-corrected chi connectivity index (χ1v) is 12.9. The highest BCUT2D eigenvalue weighted by atomic mass is 35.5. The van der Waals surface area contributed by atoms with E-state index >= 15 is 0 Å². The number of amides is 1. The van der Waals surface area contributed by atoms with Gasteiger partial charge in [0.2, 0.25) is 10.0 Å². The highest BCUT2D eigenvalue weighted by Crippen LogP contribution is 2.29. The standard InChI is InChI=1S/C24H24ClN3O6S/c1-16-22(23(27-34-16)17-8-4-2-5-9-17)24(30)33-15-21(29)26-20-14-18(10-11-19(20)25)35(31,32)28-12-6-3-7-13-28/h2,4-5,8-11,14H,3,6-7,12-13,15H2,1H3,(H,26,29). The molecule has 0 unspecified atom stereocenters. The number of sulfonamides is 1. The normalized spacial score (nSPS) is 14.5. The summed E-state index contributed by atoms with van der Waals surface area (Å²) in [6, 6.07) is 13.1. The number of aryl methyl sites for hydroxylation is 1. The fourth-order valence-corrected chi connectivity index (χ4v) is 5.52. The predicted molar refractivity (Wildman–Crippen MR) is 130 cm³/mol.